The predicted molar refractivity (Wildman–Crippen MR) is 79.9 cm³/mol. The number of rotatable bonds is 4. The van der Waals surface area contributed by atoms with E-state index < -0.39 is 5.97 Å². The summed E-state index contributed by atoms with van der Waals surface area (Å²) >= 11 is 1.39. The fraction of sp³-hybridized carbons (Fsp3) is 0.0667. The van der Waals surface area contributed by atoms with Crippen LogP contribution in [0.25, 0.3) is 21.8 Å². The second-order valence-electron chi connectivity index (χ2n) is 4.34. The second kappa shape index (κ2) is 5.80. The molecule has 3 aromatic heterocycles. The van der Waals surface area contributed by atoms with Gasteiger partial charge in [-0.1, -0.05) is 0 Å². The van der Waals surface area contributed by atoms with Crippen LogP contribution in [0.4, 0.5) is 0 Å². The van der Waals surface area contributed by atoms with Crippen molar-refractivity contribution in [2.24, 2.45) is 0 Å². The van der Waals surface area contributed by atoms with Gasteiger partial charge in [-0.25, -0.2) is 4.98 Å². The fourth-order valence-corrected chi connectivity index (χ4v) is 3.04. The minimum atomic E-state index is -0.870. The van der Waals surface area contributed by atoms with Crippen LogP contribution in [0.5, 0.6) is 0 Å². The molecule has 0 amide bonds. The molecule has 3 aromatic rings. The Hall–Kier alpha value is -2.60. The lowest BCUT2D eigenvalue weighted by atomic mass is 10.1. The quantitative estimate of drug-likeness (QED) is 0.801. The first-order valence-corrected chi connectivity index (χ1v) is 7.08. The van der Waals surface area contributed by atoms with Crippen molar-refractivity contribution in [3.8, 4) is 21.8 Å². The highest BCUT2D eigenvalue weighted by Crippen LogP contribution is 2.33. The Morgan fingerprint density at radius 1 is 1.10 bits per heavy atom. The molecular weight excluding hydrogens is 286 g/mol. The van der Waals surface area contributed by atoms with E-state index >= 15 is 0 Å². The molecule has 0 unspecified atom stereocenters. The van der Waals surface area contributed by atoms with Crippen molar-refractivity contribution in [2.75, 3.05) is 0 Å². The summed E-state index contributed by atoms with van der Waals surface area (Å²) in [6, 6.07) is 7.40. The highest BCUT2D eigenvalue weighted by molar-refractivity contribution is 7.15. The summed E-state index contributed by atoms with van der Waals surface area (Å²) in [5.74, 6) is -0.870. The second-order valence-corrected chi connectivity index (χ2v) is 5.42. The predicted octanol–water partition coefficient (Wildman–Crippen LogP) is 2.89. The van der Waals surface area contributed by atoms with Crippen molar-refractivity contribution in [3.63, 3.8) is 0 Å². The summed E-state index contributed by atoms with van der Waals surface area (Å²) in [6.45, 7) is 0. The number of carbonyl (C=O) groups is 1. The summed E-state index contributed by atoms with van der Waals surface area (Å²) < 4.78 is 0. The van der Waals surface area contributed by atoms with Crippen LogP contribution < -0.4 is 0 Å². The zero-order valence-electron chi connectivity index (χ0n) is 10.9. The van der Waals surface area contributed by atoms with Gasteiger partial charge in [-0.2, -0.15) is 0 Å². The first-order chi connectivity index (χ1) is 10.2. The van der Waals surface area contributed by atoms with E-state index in [1.54, 1.807) is 24.8 Å². The van der Waals surface area contributed by atoms with Crippen molar-refractivity contribution in [2.45, 2.75) is 6.42 Å². The molecule has 0 atom stereocenters. The van der Waals surface area contributed by atoms with Crippen LogP contribution in [0.1, 0.15) is 4.88 Å². The zero-order chi connectivity index (χ0) is 14.7. The van der Waals surface area contributed by atoms with Crippen LogP contribution in [0, 0.1) is 0 Å². The Kier molecular flexibility index (Phi) is 3.70. The number of pyridine rings is 2. The molecule has 0 aliphatic heterocycles. The molecule has 0 radical (unpaired) electrons. The Balaban J connectivity index is 2.10. The number of hydrogen-bond acceptors (Lipinski definition) is 5. The highest BCUT2D eigenvalue weighted by Gasteiger charge is 2.16. The summed E-state index contributed by atoms with van der Waals surface area (Å²) in [5, 5.41) is 9.86. The van der Waals surface area contributed by atoms with Gasteiger partial charge in [-0.05, 0) is 24.3 Å². The molecule has 5 nitrogen and oxygen atoms in total. The molecule has 0 aliphatic carbocycles. The molecule has 0 aromatic carbocycles. The van der Waals surface area contributed by atoms with E-state index in [1.165, 1.54) is 11.3 Å². The minimum Gasteiger partial charge on any atom is -0.481 e. The highest BCUT2D eigenvalue weighted by atomic mass is 32.1. The van der Waals surface area contributed by atoms with Gasteiger partial charge < -0.3 is 5.11 Å². The fourth-order valence-electron chi connectivity index (χ4n) is 1.96. The van der Waals surface area contributed by atoms with Crippen LogP contribution in [0.3, 0.4) is 0 Å². The van der Waals surface area contributed by atoms with Gasteiger partial charge in [0.15, 0.2) is 0 Å². The van der Waals surface area contributed by atoms with Gasteiger partial charge in [0.05, 0.1) is 12.1 Å². The van der Waals surface area contributed by atoms with Crippen LogP contribution >= 0.6 is 11.3 Å². The van der Waals surface area contributed by atoms with E-state index in [2.05, 4.69) is 15.0 Å². The topological polar surface area (TPSA) is 76.0 Å². The van der Waals surface area contributed by atoms with Crippen LogP contribution in [-0.4, -0.2) is 26.0 Å². The molecule has 0 fully saturated rings. The Labute approximate surface area is 125 Å². The minimum absolute atomic E-state index is 0.0486. The first-order valence-electron chi connectivity index (χ1n) is 6.26. The molecular formula is C15H11N3O2S. The average Bonchev–Trinajstić information content (AvgIpc) is 2.92. The zero-order valence-corrected chi connectivity index (χ0v) is 11.7. The largest absolute Gasteiger partial charge is 0.481 e. The monoisotopic (exact) mass is 297 g/mol. The number of hydrogen-bond donors (Lipinski definition) is 1. The number of thiazole rings is 1. The van der Waals surface area contributed by atoms with Gasteiger partial charge in [0.25, 0.3) is 0 Å². The molecule has 3 rings (SSSR count). The third kappa shape index (κ3) is 2.95. The molecule has 0 spiro atoms. The van der Waals surface area contributed by atoms with Crippen molar-refractivity contribution in [1.29, 1.82) is 0 Å². The first kappa shape index (κ1) is 13.4. The van der Waals surface area contributed by atoms with Crippen LogP contribution in [0.15, 0.2) is 49.1 Å². The van der Waals surface area contributed by atoms with Gasteiger partial charge in [0, 0.05) is 40.8 Å². The SMILES string of the molecule is O=C(O)Cc1sc(-c2ccncc2)nc1-c1cccnc1. The maximum Gasteiger partial charge on any atom is 0.308 e. The van der Waals surface area contributed by atoms with E-state index in [9.17, 15) is 4.79 Å². The van der Waals surface area contributed by atoms with E-state index in [-0.39, 0.29) is 6.42 Å². The number of aromatic nitrogens is 3. The molecule has 3 heterocycles. The normalized spacial score (nSPS) is 10.5. The Morgan fingerprint density at radius 2 is 1.90 bits per heavy atom. The van der Waals surface area contributed by atoms with Gasteiger partial charge in [0.2, 0.25) is 0 Å². The summed E-state index contributed by atoms with van der Waals surface area (Å²) in [6.07, 6.45) is 6.70. The summed E-state index contributed by atoms with van der Waals surface area (Å²) in [5.41, 5.74) is 2.43. The van der Waals surface area contributed by atoms with Crippen LogP contribution in [-0.2, 0) is 11.2 Å². The lowest BCUT2D eigenvalue weighted by Gasteiger charge is -1.98. The number of nitrogens with zero attached hydrogens (tertiary/aromatic N) is 3. The lowest BCUT2D eigenvalue weighted by molar-refractivity contribution is -0.136. The molecule has 21 heavy (non-hydrogen) atoms. The average molecular weight is 297 g/mol. The van der Waals surface area contributed by atoms with E-state index in [1.807, 2.05) is 24.3 Å². The summed E-state index contributed by atoms with van der Waals surface area (Å²) in [7, 11) is 0. The maximum atomic E-state index is 11.1. The van der Waals surface area contributed by atoms with Crippen molar-refractivity contribution >= 4 is 17.3 Å². The third-order valence-corrected chi connectivity index (χ3v) is 3.98. The lowest BCUT2D eigenvalue weighted by Crippen LogP contribution is -1.99. The molecule has 0 saturated heterocycles. The van der Waals surface area contributed by atoms with Crippen LogP contribution in [0.2, 0.25) is 0 Å². The molecule has 1 N–H and O–H groups in total. The molecule has 104 valence electrons. The van der Waals surface area contributed by atoms with E-state index in [0.29, 0.717) is 5.69 Å². The molecule has 0 saturated carbocycles. The van der Waals surface area contributed by atoms with Crippen molar-refractivity contribution in [3.05, 3.63) is 53.9 Å². The molecule has 0 bridgehead atoms. The van der Waals surface area contributed by atoms with Gasteiger partial charge in [-0.15, -0.1) is 11.3 Å². The van der Waals surface area contributed by atoms with Crippen molar-refractivity contribution in [1.82, 2.24) is 15.0 Å². The van der Waals surface area contributed by atoms with Gasteiger partial charge >= 0.3 is 5.97 Å². The standard InChI is InChI=1S/C15H11N3O2S/c19-13(20)8-12-14(11-2-1-5-17-9-11)18-15(21-12)10-3-6-16-7-4-10/h1-7,9H,8H2,(H,19,20). The Bertz CT molecular complexity index is 757. The van der Waals surface area contributed by atoms with Gasteiger partial charge in [-0.3, -0.25) is 14.8 Å². The number of carboxylic acids is 1. The molecule has 6 heteroatoms. The number of carboxylic acid groups (broad SMARTS) is 1. The Morgan fingerprint density at radius 3 is 2.57 bits per heavy atom. The number of aliphatic carboxylic acids is 1. The van der Waals surface area contributed by atoms with E-state index in [4.69, 9.17) is 5.11 Å². The van der Waals surface area contributed by atoms with Gasteiger partial charge in [0.1, 0.15) is 5.01 Å². The third-order valence-electron chi connectivity index (χ3n) is 2.87. The maximum absolute atomic E-state index is 11.1. The smallest absolute Gasteiger partial charge is 0.308 e. The van der Waals surface area contributed by atoms with Crippen molar-refractivity contribution < 1.29 is 9.90 Å². The molecule has 0 aliphatic rings. The summed E-state index contributed by atoms with van der Waals surface area (Å²) in [4.78, 5) is 24.4. The van der Waals surface area contributed by atoms with E-state index in [0.717, 1.165) is 21.0 Å².